The van der Waals surface area contributed by atoms with Gasteiger partial charge in [-0.2, -0.15) is 0 Å². The van der Waals surface area contributed by atoms with E-state index in [1.54, 1.807) is 0 Å². The molecule has 3 aromatic rings. The van der Waals surface area contributed by atoms with E-state index in [-0.39, 0.29) is 0 Å². The number of hydrogen-bond donors (Lipinski definition) is 0. The Morgan fingerprint density at radius 1 is 0.750 bits per heavy atom. The van der Waals surface area contributed by atoms with Crippen molar-refractivity contribution in [2.45, 2.75) is 6.92 Å². The fourth-order valence-corrected chi connectivity index (χ4v) is 2.15. The Morgan fingerprint density at radius 3 is 1.60 bits per heavy atom. The van der Waals surface area contributed by atoms with Gasteiger partial charge < -0.3 is 0 Å². The van der Waals surface area contributed by atoms with Gasteiger partial charge in [0.2, 0.25) is 0 Å². The molecule has 1 heterocycles. The van der Waals surface area contributed by atoms with Crippen LogP contribution in [0.25, 0.3) is 29.0 Å². The van der Waals surface area contributed by atoms with Gasteiger partial charge in [-0.15, -0.1) is 10.2 Å². The SMILES string of the molecule is C/C=C/n1c(-c2ccccc2)nnc1-c1ccccc1. The quantitative estimate of drug-likeness (QED) is 0.710. The third-order valence-electron chi connectivity index (χ3n) is 3.06. The molecule has 0 atom stereocenters. The van der Waals surface area contributed by atoms with Gasteiger partial charge in [-0.1, -0.05) is 66.7 Å². The fourth-order valence-electron chi connectivity index (χ4n) is 2.15. The van der Waals surface area contributed by atoms with Crippen LogP contribution in [0.15, 0.2) is 66.7 Å². The summed E-state index contributed by atoms with van der Waals surface area (Å²) in [6.07, 6.45) is 3.98. The first-order valence-electron chi connectivity index (χ1n) is 6.58. The van der Waals surface area contributed by atoms with E-state index in [0.29, 0.717) is 0 Å². The molecule has 2 aromatic carbocycles. The van der Waals surface area contributed by atoms with Crippen LogP contribution < -0.4 is 0 Å². The molecule has 0 aliphatic heterocycles. The van der Waals surface area contributed by atoms with Gasteiger partial charge in [0.25, 0.3) is 0 Å². The highest BCUT2D eigenvalue weighted by atomic mass is 15.3. The lowest BCUT2D eigenvalue weighted by molar-refractivity contribution is 1.10. The molecule has 0 saturated heterocycles. The van der Waals surface area contributed by atoms with E-state index in [0.717, 1.165) is 22.8 Å². The van der Waals surface area contributed by atoms with Crippen LogP contribution in [0.2, 0.25) is 0 Å². The van der Waals surface area contributed by atoms with Crippen molar-refractivity contribution in [2.75, 3.05) is 0 Å². The van der Waals surface area contributed by atoms with Crippen molar-refractivity contribution in [1.29, 1.82) is 0 Å². The van der Waals surface area contributed by atoms with Gasteiger partial charge in [-0.3, -0.25) is 4.57 Å². The summed E-state index contributed by atoms with van der Waals surface area (Å²) in [7, 11) is 0. The highest BCUT2D eigenvalue weighted by molar-refractivity contribution is 5.66. The summed E-state index contributed by atoms with van der Waals surface area (Å²) >= 11 is 0. The van der Waals surface area contributed by atoms with Gasteiger partial charge in [0.15, 0.2) is 11.6 Å². The van der Waals surface area contributed by atoms with Gasteiger partial charge in [0, 0.05) is 17.3 Å². The van der Waals surface area contributed by atoms with Crippen molar-refractivity contribution in [3.8, 4) is 22.8 Å². The van der Waals surface area contributed by atoms with Crippen LogP contribution in [0.5, 0.6) is 0 Å². The molecule has 3 rings (SSSR count). The summed E-state index contributed by atoms with van der Waals surface area (Å²) in [5, 5.41) is 8.69. The topological polar surface area (TPSA) is 30.7 Å². The Labute approximate surface area is 118 Å². The zero-order valence-electron chi connectivity index (χ0n) is 11.3. The maximum absolute atomic E-state index is 4.34. The molecule has 3 heteroatoms. The van der Waals surface area contributed by atoms with Crippen LogP contribution in [0, 0.1) is 0 Å². The molecule has 0 radical (unpaired) electrons. The zero-order chi connectivity index (χ0) is 13.8. The number of aromatic nitrogens is 3. The third kappa shape index (κ3) is 2.26. The van der Waals surface area contributed by atoms with E-state index in [2.05, 4.69) is 10.2 Å². The van der Waals surface area contributed by atoms with Crippen molar-refractivity contribution in [3.63, 3.8) is 0 Å². The predicted molar refractivity (Wildman–Crippen MR) is 81.9 cm³/mol. The largest absolute Gasteiger partial charge is 0.282 e. The van der Waals surface area contributed by atoms with Gasteiger partial charge in [-0.05, 0) is 6.92 Å². The molecule has 0 aliphatic carbocycles. The van der Waals surface area contributed by atoms with Crippen molar-refractivity contribution < 1.29 is 0 Å². The first kappa shape index (κ1) is 12.4. The molecule has 1 aromatic heterocycles. The van der Waals surface area contributed by atoms with E-state index in [1.807, 2.05) is 84.4 Å². The van der Waals surface area contributed by atoms with Gasteiger partial charge >= 0.3 is 0 Å². The van der Waals surface area contributed by atoms with E-state index in [1.165, 1.54) is 0 Å². The Kier molecular flexibility index (Phi) is 3.42. The van der Waals surface area contributed by atoms with Crippen LogP contribution >= 0.6 is 0 Å². The van der Waals surface area contributed by atoms with Crippen LogP contribution in [0.1, 0.15) is 6.92 Å². The summed E-state index contributed by atoms with van der Waals surface area (Å²) < 4.78 is 2.02. The molecule has 0 N–H and O–H groups in total. The fraction of sp³-hybridized carbons (Fsp3) is 0.0588. The van der Waals surface area contributed by atoms with Crippen LogP contribution in [-0.2, 0) is 0 Å². The number of nitrogens with zero attached hydrogens (tertiary/aromatic N) is 3. The average Bonchev–Trinajstić information content (AvgIpc) is 2.93. The lowest BCUT2D eigenvalue weighted by atomic mass is 10.2. The number of allylic oxidation sites excluding steroid dienone is 1. The molecule has 3 nitrogen and oxygen atoms in total. The summed E-state index contributed by atoms with van der Waals surface area (Å²) in [5.41, 5.74) is 2.11. The second kappa shape index (κ2) is 5.53. The summed E-state index contributed by atoms with van der Waals surface area (Å²) in [6, 6.07) is 20.2. The molecule has 0 fully saturated rings. The second-order valence-electron chi connectivity index (χ2n) is 4.43. The van der Waals surface area contributed by atoms with Crippen molar-refractivity contribution >= 4 is 6.20 Å². The summed E-state index contributed by atoms with van der Waals surface area (Å²) in [4.78, 5) is 0. The molecule has 98 valence electrons. The first-order chi connectivity index (χ1) is 9.90. The number of rotatable bonds is 3. The van der Waals surface area contributed by atoms with Crippen molar-refractivity contribution in [3.05, 3.63) is 66.7 Å². The zero-order valence-corrected chi connectivity index (χ0v) is 11.3. The smallest absolute Gasteiger partial charge is 0.168 e. The van der Waals surface area contributed by atoms with Crippen LogP contribution in [0.3, 0.4) is 0 Å². The highest BCUT2D eigenvalue weighted by Gasteiger charge is 2.12. The minimum atomic E-state index is 0.850. The maximum Gasteiger partial charge on any atom is 0.168 e. The monoisotopic (exact) mass is 261 g/mol. The number of benzene rings is 2. The minimum absolute atomic E-state index is 0.850. The minimum Gasteiger partial charge on any atom is -0.282 e. The Morgan fingerprint density at radius 2 is 1.20 bits per heavy atom. The molecule has 0 amide bonds. The van der Waals surface area contributed by atoms with Crippen molar-refractivity contribution in [1.82, 2.24) is 14.8 Å². The van der Waals surface area contributed by atoms with E-state index in [9.17, 15) is 0 Å². The number of hydrogen-bond acceptors (Lipinski definition) is 2. The first-order valence-corrected chi connectivity index (χ1v) is 6.58. The van der Waals surface area contributed by atoms with Crippen molar-refractivity contribution in [2.24, 2.45) is 0 Å². The lowest BCUT2D eigenvalue weighted by Crippen LogP contribution is -1.94. The Hall–Kier alpha value is -2.68. The third-order valence-corrected chi connectivity index (χ3v) is 3.06. The summed E-state index contributed by atoms with van der Waals surface area (Å²) in [6.45, 7) is 1.99. The van der Waals surface area contributed by atoms with Crippen LogP contribution in [0.4, 0.5) is 0 Å². The lowest BCUT2D eigenvalue weighted by Gasteiger charge is -2.05. The van der Waals surface area contributed by atoms with Gasteiger partial charge in [-0.25, -0.2) is 0 Å². The maximum atomic E-state index is 4.34. The average molecular weight is 261 g/mol. The molecule has 0 saturated carbocycles. The molecule has 0 bridgehead atoms. The van der Waals surface area contributed by atoms with Gasteiger partial charge in [0.05, 0.1) is 0 Å². The van der Waals surface area contributed by atoms with Crippen LogP contribution in [-0.4, -0.2) is 14.8 Å². The van der Waals surface area contributed by atoms with E-state index in [4.69, 9.17) is 0 Å². The summed E-state index contributed by atoms with van der Waals surface area (Å²) in [5.74, 6) is 1.70. The predicted octanol–water partition coefficient (Wildman–Crippen LogP) is 4.10. The van der Waals surface area contributed by atoms with E-state index < -0.39 is 0 Å². The molecule has 0 unspecified atom stereocenters. The normalized spacial score (nSPS) is 11.1. The van der Waals surface area contributed by atoms with E-state index >= 15 is 0 Å². The molecule has 0 spiro atoms. The van der Waals surface area contributed by atoms with Gasteiger partial charge in [0.1, 0.15) is 0 Å². The second-order valence-corrected chi connectivity index (χ2v) is 4.43. The molecule has 0 aliphatic rings. The Bertz CT molecular complexity index is 656. The molecular formula is C17H15N3. The molecular weight excluding hydrogens is 246 g/mol. The highest BCUT2D eigenvalue weighted by Crippen LogP contribution is 2.24. The molecule has 20 heavy (non-hydrogen) atoms. The standard InChI is InChI=1S/C17H15N3/c1-2-13-20-16(14-9-5-3-6-10-14)18-19-17(20)15-11-7-4-8-12-15/h2-13H,1H3/b13-2+. The Balaban J connectivity index is 2.17.